The van der Waals surface area contributed by atoms with Crippen LogP contribution in [-0.2, 0) is 14.3 Å². The minimum Gasteiger partial charge on any atom is -0.378 e. The monoisotopic (exact) mass is 331 g/mol. The van der Waals surface area contributed by atoms with Crippen LogP contribution in [0.1, 0.15) is 12.5 Å². The smallest absolute Gasteiger partial charge is 0.332 e. The Morgan fingerprint density at radius 3 is 2.42 bits per heavy atom. The molecule has 0 bridgehead atoms. The number of rotatable bonds is 3. The van der Waals surface area contributed by atoms with Crippen molar-refractivity contribution >= 4 is 23.5 Å². The van der Waals surface area contributed by atoms with Crippen LogP contribution in [0.4, 0.5) is 10.5 Å². The fourth-order valence-electron chi connectivity index (χ4n) is 2.96. The Labute approximate surface area is 140 Å². The van der Waals surface area contributed by atoms with Crippen LogP contribution in [0, 0.1) is 6.92 Å². The van der Waals surface area contributed by atoms with Gasteiger partial charge in [0.25, 0.3) is 5.91 Å². The molecule has 0 radical (unpaired) electrons. The molecule has 2 heterocycles. The van der Waals surface area contributed by atoms with Crippen molar-refractivity contribution in [1.29, 1.82) is 0 Å². The number of nitrogens with zero attached hydrogens (tertiary/aromatic N) is 3. The molecular formula is C17H21N3O4. The summed E-state index contributed by atoms with van der Waals surface area (Å²) >= 11 is 0. The van der Waals surface area contributed by atoms with Gasteiger partial charge in [-0.15, -0.1) is 0 Å². The number of hydrogen-bond donors (Lipinski definition) is 0. The summed E-state index contributed by atoms with van der Waals surface area (Å²) in [7, 11) is 0. The fourth-order valence-corrected chi connectivity index (χ4v) is 2.96. The Morgan fingerprint density at radius 2 is 1.79 bits per heavy atom. The zero-order valence-electron chi connectivity index (χ0n) is 13.9. The molecule has 0 saturated carbocycles. The molecule has 2 aliphatic heterocycles. The van der Waals surface area contributed by atoms with Crippen LogP contribution in [0.3, 0.4) is 0 Å². The molecule has 2 saturated heterocycles. The summed E-state index contributed by atoms with van der Waals surface area (Å²) in [6.45, 7) is 5.37. The van der Waals surface area contributed by atoms with Gasteiger partial charge in [0.2, 0.25) is 5.91 Å². The third kappa shape index (κ3) is 2.99. The predicted octanol–water partition coefficient (Wildman–Crippen LogP) is 1.01. The number of urea groups is 1. The summed E-state index contributed by atoms with van der Waals surface area (Å²) < 4.78 is 5.21. The molecule has 1 aromatic carbocycles. The Balaban J connectivity index is 1.75. The molecule has 1 atom stereocenters. The van der Waals surface area contributed by atoms with Gasteiger partial charge in [-0.3, -0.25) is 19.4 Å². The number of morpholine rings is 1. The third-order valence-electron chi connectivity index (χ3n) is 4.42. The number of aryl methyl sites for hydroxylation is 1. The molecule has 0 aliphatic carbocycles. The molecule has 0 spiro atoms. The molecule has 7 heteroatoms. The lowest BCUT2D eigenvalue weighted by Gasteiger charge is -2.28. The number of benzene rings is 1. The second-order valence-corrected chi connectivity index (χ2v) is 6.08. The largest absolute Gasteiger partial charge is 0.378 e. The van der Waals surface area contributed by atoms with E-state index in [2.05, 4.69) is 0 Å². The highest BCUT2D eigenvalue weighted by Gasteiger charge is 2.44. The van der Waals surface area contributed by atoms with Crippen molar-refractivity contribution in [1.82, 2.24) is 9.80 Å². The van der Waals surface area contributed by atoms with E-state index in [0.717, 1.165) is 10.5 Å². The number of imide groups is 1. The summed E-state index contributed by atoms with van der Waals surface area (Å²) in [6.07, 6.45) is 0. The first-order chi connectivity index (χ1) is 11.5. The van der Waals surface area contributed by atoms with Crippen LogP contribution in [-0.4, -0.2) is 66.5 Å². The topological polar surface area (TPSA) is 70.2 Å². The molecule has 0 unspecified atom stereocenters. The van der Waals surface area contributed by atoms with Crippen molar-refractivity contribution in [2.45, 2.75) is 19.9 Å². The number of hydrogen-bond acceptors (Lipinski definition) is 4. The van der Waals surface area contributed by atoms with Crippen LogP contribution in [0.5, 0.6) is 0 Å². The van der Waals surface area contributed by atoms with Gasteiger partial charge in [0, 0.05) is 18.8 Å². The van der Waals surface area contributed by atoms with Crippen LogP contribution >= 0.6 is 0 Å². The van der Waals surface area contributed by atoms with Crippen molar-refractivity contribution in [2.75, 3.05) is 37.7 Å². The van der Waals surface area contributed by atoms with Gasteiger partial charge in [0.1, 0.15) is 12.6 Å². The van der Waals surface area contributed by atoms with E-state index in [4.69, 9.17) is 4.74 Å². The average molecular weight is 331 g/mol. The van der Waals surface area contributed by atoms with Crippen LogP contribution in [0.15, 0.2) is 24.3 Å². The summed E-state index contributed by atoms with van der Waals surface area (Å²) in [5.41, 5.74) is 1.73. The van der Waals surface area contributed by atoms with Gasteiger partial charge < -0.3 is 9.64 Å². The number of carbonyl (C=O) groups is 3. The summed E-state index contributed by atoms with van der Waals surface area (Å²) in [4.78, 5) is 41.6. The number of carbonyl (C=O) groups excluding carboxylic acids is 3. The van der Waals surface area contributed by atoms with Crippen molar-refractivity contribution in [3.8, 4) is 0 Å². The maximum absolute atomic E-state index is 12.7. The van der Waals surface area contributed by atoms with E-state index < -0.39 is 12.1 Å². The van der Waals surface area contributed by atoms with Crippen LogP contribution in [0.25, 0.3) is 0 Å². The van der Waals surface area contributed by atoms with Crippen molar-refractivity contribution in [2.24, 2.45) is 0 Å². The van der Waals surface area contributed by atoms with E-state index in [1.54, 1.807) is 11.8 Å². The van der Waals surface area contributed by atoms with Gasteiger partial charge in [-0.2, -0.15) is 0 Å². The minimum absolute atomic E-state index is 0.218. The van der Waals surface area contributed by atoms with Crippen molar-refractivity contribution < 1.29 is 19.1 Å². The van der Waals surface area contributed by atoms with Crippen LogP contribution in [0.2, 0.25) is 0 Å². The third-order valence-corrected chi connectivity index (χ3v) is 4.42. The van der Waals surface area contributed by atoms with Gasteiger partial charge >= 0.3 is 6.03 Å². The summed E-state index contributed by atoms with van der Waals surface area (Å²) in [5, 5.41) is 0. The van der Waals surface area contributed by atoms with Crippen molar-refractivity contribution in [3.05, 3.63) is 29.8 Å². The molecule has 24 heavy (non-hydrogen) atoms. The molecule has 1 aromatic rings. The molecule has 7 nitrogen and oxygen atoms in total. The maximum atomic E-state index is 12.7. The van der Waals surface area contributed by atoms with E-state index in [1.165, 1.54) is 4.90 Å². The van der Waals surface area contributed by atoms with Gasteiger partial charge in [-0.05, 0) is 26.0 Å². The first-order valence-corrected chi connectivity index (χ1v) is 8.06. The van der Waals surface area contributed by atoms with Gasteiger partial charge in [0.05, 0.1) is 13.2 Å². The maximum Gasteiger partial charge on any atom is 0.332 e. The van der Waals surface area contributed by atoms with E-state index in [1.807, 2.05) is 31.2 Å². The first kappa shape index (κ1) is 16.4. The highest BCUT2D eigenvalue weighted by atomic mass is 16.5. The average Bonchev–Trinajstić information content (AvgIpc) is 2.80. The number of amides is 4. The normalized spacial score (nSPS) is 21.6. The van der Waals surface area contributed by atoms with Gasteiger partial charge in [-0.25, -0.2) is 4.79 Å². The Morgan fingerprint density at radius 1 is 1.17 bits per heavy atom. The van der Waals surface area contributed by atoms with E-state index in [0.29, 0.717) is 32.0 Å². The van der Waals surface area contributed by atoms with E-state index in [-0.39, 0.29) is 18.4 Å². The molecule has 3 rings (SSSR count). The number of anilines is 1. The molecule has 128 valence electrons. The quantitative estimate of drug-likeness (QED) is 0.775. The standard InChI is InChI=1S/C17H21N3O4/c1-12-3-5-14(6-4-12)20-13(2)16(22)19(17(20)23)11-15(21)18-7-9-24-10-8-18/h3-6,13H,7-11H2,1-2H3/t13-/m1/s1. The second-order valence-electron chi connectivity index (χ2n) is 6.08. The molecular weight excluding hydrogens is 310 g/mol. The number of ether oxygens (including phenoxy) is 1. The Hall–Kier alpha value is -2.41. The second kappa shape index (κ2) is 6.60. The van der Waals surface area contributed by atoms with Gasteiger partial charge in [0.15, 0.2) is 0 Å². The molecule has 4 amide bonds. The SMILES string of the molecule is Cc1ccc(N2C(=O)N(CC(=O)N3CCOCC3)C(=O)[C@H]2C)cc1. The Kier molecular flexibility index (Phi) is 4.53. The molecule has 0 aromatic heterocycles. The van der Waals surface area contributed by atoms with Gasteiger partial charge in [-0.1, -0.05) is 17.7 Å². The zero-order valence-corrected chi connectivity index (χ0v) is 13.9. The Bertz CT molecular complexity index is 652. The lowest BCUT2D eigenvalue weighted by atomic mass is 10.2. The lowest BCUT2D eigenvalue weighted by Crippen LogP contribution is -2.47. The van der Waals surface area contributed by atoms with E-state index >= 15 is 0 Å². The fraction of sp³-hybridized carbons (Fsp3) is 0.471. The van der Waals surface area contributed by atoms with E-state index in [9.17, 15) is 14.4 Å². The molecule has 2 aliphatic rings. The lowest BCUT2D eigenvalue weighted by molar-refractivity contribution is -0.139. The van der Waals surface area contributed by atoms with Crippen molar-refractivity contribution in [3.63, 3.8) is 0 Å². The summed E-state index contributed by atoms with van der Waals surface area (Å²) in [6, 6.07) is 6.34. The highest BCUT2D eigenvalue weighted by molar-refractivity contribution is 6.15. The molecule has 2 fully saturated rings. The minimum atomic E-state index is -0.613. The van der Waals surface area contributed by atoms with Crippen LogP contribution < -0.4 is 4.90 Å². The highest BCUT2D eigenvalue weighted by Crippen LogP contribution is 2.26. The first-order valence-electron chi connectivity index (χ1n) is 8.06. The molecule has 0 N–H and O–H groups in total. The predicted molar refractivity (Wildman–Crippen MR) is 87.6 cm³/mol. The summed E-state index contributed by atoms with van der Waals surface area (Å²) in [5.74, 6) is -0.569. The zero-order chi connectivity index (χ0) is 17.3.